The molecule has 0 heterocycles. The van der Waals surface area contributed by atoms with E-state index in [1.165, 1.54) is 148 Å². The fourth-order valence-electron chi connectivity index (χ4n) is 8.79. The Morgan fingerprint density at radius 2 is 0.538 bits per heavy atom. The van der Waals surface area contributed by atoms with E-state index in [2.05, 4.69) is 20.8 Å². The van der Waals surface area contributed by atoms with Crippen LogP contribution >= 0.6 is 15.6 Å². The van der Waals surface area contributed by atoms with Crippen LogP contribution in [0.1, 0.15) is 297 Å². The summed E-state index contributed by atoms with van der Waals surface area (Å²) in [6.07, 6.45) is 39.1. The average molecular weight is 1160 g/mol. The second-order valence-electron chi connectivity index (χ2n) is 21.4. The minimum atomic E-state index is -4.93. The summed E-state index contributed by atoms with van der Waals surface area (Å²) in [6, 6.07) is 0. The van der Waals surface area contributed by atoms with Gasteiger partial charge in [0.25, 0.3) is 0 Å². The molecule has 17 nitrogen and oxygen atoms in total. The van der Waals surface area contributed by atoms with Gasteiger partial charge in [0.05, 0.1) is 26.4 Å². The van der Waals surface area contributed by atoms with Crippen LogP contribution in [0.25, 0.3) is 0 Å². The Hall–Kier alpha value is -1.94. The number of rotatable bonds is 60. The highest BCUT2D eigenvalue weighted by Crippen LogP contribution is 2.45. The van der Waals surface area contributed by atoms with Crippen LogP contribution in [-0.2, 0) is 65.4 Å². The normalized spacial score (nSPS) is 14.3. The lowest BCUT2D eigenvalue weighted by Gasteiger charge is -2.21. The van der Waals surface area contributed by atoms with Gasteiger partial charge in [-0.05, 0) is 25.7 Å². The third kappa shape index (κ3) is 53.4. The first-order valence-corrected chi connectivity index (χ1v) is 34.3. The van der Waals surface area contributed by atoms with Crippen LogP contribution in [0, 0.1) is 0 Å². The Morgan fingerprint density at radius 3 is 0.808 bits per heavy atom. The lowest BCUT2D eigenvalue weighted by atomic mass is 10.0. The fraction of sp³-hybridized carbons (Fsp3) is 0.932. The highest BCUT2D eigenvalue weighted by molar-refractivity contribution is 7.47. The van der Waals surface area contributed by atoms with E-state index >= 15 is 0 Å². The van der Waals surface area contributed by atoms with Crippen molar-refractivity contribution in [1.29, 1.82) is 0 Å². The van der Waals surface area contributed by atoms with Crippen molar-refractivity contribution in [3.8, 4) is 0 Å². The van der Waals surface area contributed by atoms with E-state index in [0.717, 1.165) is 70.6 Å². The molecule has 78 heavy (non-hydrogen) atoms. The molecule has 0 aromatic carbocycles. The van der Waals surface area contributed by atoms with E-state index in [0.29, 0.717) is 25.7 Å². The summed E-state index contributed by atoms with van der Waals surface area (Å²) in [7, 11) is -9.85. The molecule has 0 bridgehead atoms. The molecule has 0 aromatic rings. The topological polar surface area (TPSA) is 237 Å². The summed E-state index contributed by atoms with van der Waals surface area (Å²) in [5.41, 5.74) is 0. The smallest absolute Gasteiger partial charge is 0.462 e. The molecule has 0 saturated carbocycles. The first-order chi connectivity index (χ1) is 37.7. The van der Waals surface area contributed by atoms with Gasteiger partial charge in [-0.2, -0.15) is 0 Å². The van der Waals surface area contributed by atoms with Crippen molar-refractivity contribution in [3.63, 3.8) is 0 Å². The Kier molecular flexibility index (Phi) is 53.0. The summed E-state index contributed by atoms with van der Waals surface area (Å²) in [6.45, 7) is 4.48. The van der Waals surface area contributed by atoms with Gasteiger partial charge >= 0.3 is 39.5 Å². The monoisotopic (exact) mass is 1160 g/mol. The van der Waals surface area contributed by atoms with E-state index in [1.54, 1.807) is 6.92 Å². The van der Waals surface area contributed by atoms with Gasteiger partial charge in [0.15, 0.2) is 12.2 Å². The minimum absolute atomic E-state index is 0.105. The molecule has 0 aromatic heterocycles. The van der Waals surface area contributed by atoms with Crippen LogP contribution in [0.2, 0.25) is 0 Å². The maximum absolute atomic E-state index is 12.9. The van der Waals surface area contributed by atoms with Crippen molar-refractivity contribution in [2.24, 2.45) is 0 Å². The standard InChI is InChI=1S/C59H114O17P2/c1-5-9-12-15-18-21-24-26-27-28-30-33-36-39-41-45-58(63)75-54(49-69-56(61)43-8-4)51-73-77(65,66)71-47-53(60)48-72-78(67,68)74-52-55(50-70-57(62)44-40-37-34-31-23-20-17-14-11-7-3)76-59(64)46-42-38-35-32-29-25-22-19-16-13-10-6-2/h53-55,60H,5-52H2,1-4H3,(H,65,66)(H,67,68)/t53-,54+,55+/m0/s1. The molecular weight excluding hydrogens is 1040 g/mol. The molecule has 19 heteroatoms. The maximum Gasteiger partial charge on any atom is 0.472 e. The third-order valence-corrected chi connectivity index (χ3v) is 15.5. The van der Waals surface area contributed by atoms with E-state index in [9.17, 15) is 43.2 Å². The summed E-state index contributed by atoms with van der Waals surface area (Å²) in [4.78, 5) is 71.1. The van der Waals surface area contributed by atoms with Crippen LogP contribution in [-0.4, -0.2) is 96.7 Å². The zero-order valence-electron chi connectivity index (χ0n) is 49.6. The molecule has 2 unspecified atom stereocenters. The minimum Gasteiger partial charge on any atom is -0.462 e. The number of phosphoric acid groups is 2. The number of unbranched alkanes of at least 4 members (excludes halogenated alkanes) is 34. The number of ether oxygens (including phenoxy) is 4. The van der Waals surface area contributed by atoms with E-state index < -0.39 is 97.5 Å². The number of phosphoric ester groups is 2. The third-order valence-electron chi connectivity index (χ3n) is 13.6. The molecule has 0 aliphatic carbocycles. The molecule has 0 aliphatic heterocycles. The van der Waals surface area contributed by atoms with Gasteiger partial charge in [-0.1, -0.05) is 246 Å². The number of aliphatic hydroxyl groups excluding tert-OH is 1. The SMILES string of the molecule is CCCCCCCCCCCCCCCCCC(=O)O[C@H](COC(=O)CCC)COP(=O)(O)OC[C@H](O)COP(=O)(O)OC[C@@H](COC(=O)CCCCCCCCCCCC)OC(=O)CCCCCCCCCCCCCC. The Balaban J connectivity index is 4.99. The maximum atomic E-state index is 12.9. The number of carbonyl (C=O) groups is 4. The van der Waals surface area contributed by atoms with Gasteiger partial charge < -0.3 is 33.8 Å². The highest BCUT2D eigenvalue weighted by atomic mass is 31.2. The molecule has 5 atom stereocenters. The van der Waals surface area contributed by atoms with Gasteiger partial charge in [0, 0.05) is 25.7 Å². The number of esters is 4. The van der Waals surface area contributed by atoms with Gasteiger partial charge in [-0.25, -0.2) is 9.13 Å². The number of carbonyl (C=O) groups excluding carboxylic acids is 4. The summed E-state index contributed by atoms with van der Waals surface area (Å²) >= 11 is 0. The summed E-state index contributed by atoms with van der Waals surface area (Å²) in [5, 5.41) is 10.4. The van der Waals surface area contributed by atoms with Crippen molar-refractivity contribution >= 4 is 39.5 Å². The van der Waals surface area contributed by atoms with Crippen molar-refractivity contribution in [1.82, 2.24) is 0 Å². The van der Waals surface area contributed by atoms with Gasteiger partial charge in [-0.15, -0.1) is 0 Å². The molecule has 462 valence electrons. The van der Waals surface area contributed by atoms with Crippen molar-refractivity contribution < 1.29 is 80.2 Å². The molecule has 0 aliphatic rings. The van der Waals surface area contributed by atoms with Crippen molar-refractivity contribution in [2.75, 3.05) is 39.6 Å². The second kappa shape index (κ2) is 54.3. The highest BCUT2D eigenvalue weighted by Gasteiger charge is 2.30. The summed E-state index contributed by atoms with van der Waals surface area (Å²) < 4.78 is 67.2. The van der Waals surface area contributed by atoms with Crippen LogP contribution in [0.5, 0.6) is 0 Å². The first-order valence-electron chi connectivity index (χ1n) is 31.3. The van der Waals surface area contributed by atoms with Gasteiger partial charge in [0.1, 0.15) is 19.3 Å². The van der Waals surface area contributed by atoms with Crippen LogP contribution in [0.3, 0.4) is 0 Å². The first kappa shape index (κ1) is 76.1. The van der Waals surface area contributed by atoms with E-state index in [1.807, 2.05) is 0 Å². The lowest BCUT2D eigenvalue weighted by Crippen LogP contribution is -2.30. The van der Waals surface area contributed by atoms with Crippen LogP contribution in [0.4, 0.5) is 0 Å². The number of hydrogen-bond acceptors (Lipinski definition) is 15. The largest absolute Gasteiger partial charge is 0.472 e. The fourth-order valence-corrected chi connectivity index (χ4v) is 10.4. The van der Waals surface area contributed by atoms with E-state index in [-0.39, 0.29) is 25.7 Å². The van der Waals surface area contributed by atoms with E-state index in [4.69, 9.17) is 37.0 Å². The quantitative estimate of drug-likeness (QED) is 0.0222. The van der Waals surface area contributed by atoms with Crippen LogP contribution < -0.4 is 0 Å². The molecule has 3 N–H and O–H groups in total. The Bertz CT molecular complexity index is 1520. The van der Waals surface area contributed by atoms with Gasteiger partial charge in [-0.3, -0.25) is 37.3 Å². The molecule has 0 fully saturated rings. The molecule has 0 saturated heterocycles. The predicted octanol–water partition coefficient (Wildman–Crippen LogP) is 16.0. The molecule has 0 spiro atoms. The van der Waals surface area contributed by atoms with Crippen molar-refractivity contribution in [3.05, 3.63) is 0 Å². The molecular formula is C59H114O17P2. The molecule has 0 amide bonds. The van der Waals surface area contributed by atoms with Crippen LogP contribution in [0.15, 0.2) is 0 Å². The lowest BCUT2D eigenvalue weighted by molar-refractivity contribution is -0.161. The second-order valence-corrected chi connectivity index (χ2v) is 24.3. The number of hydrogen-bond donors (Lipinski definition) is 3. The average Bonchev–Trinajstić information content (AvgIpc) is 3.41. The summed E-state index contributed by atoms with van der Waals surface area (Å²) in [5.74, 6) is -2.19. The molecule has 0 rings (SSSR count). The predicted molar refractivity (Wildman–Crippen MR) is 308 cm³/mol. The Labute approximate surface area is 473 Å². The van der Waals surface area contributed by atoms with Crippen molar-refractivity contribution in [2.45, 2.75) is 316 Å². The molecule has 0 radical (unpaired) electrons. The zero-order valence-corrected chi connectivity index (χ0v) is 51.4. The zero-order chi connectivity index (χ0) is 57.6. The number of aliphatic hydroxyl groups is 1. The Morgan fingerprint density at radius 1 is 0.308 bits per heavy atom. The van der Waals surface area contributed by atoms with Gasteiger partial charge in [0.2, 0.25) is 0 Å².